The Morgan fingerprint density at radius 2 is 1.97 bits per heavy atom. The molecule has 3 atom stereocenters. The van der Waals surface area contributed by atoms with Crippen LogP contribution in [-0.2, 0) is 52.8 Å². The third-order valence-corrected chi connectivity index (χ3v) is 13.6. The van der Waals surface area contributed by atoms with Gasteiger partial charge in [0.25, 0.3) is 11.8 Å². The molecular weight excluding hydrogens is 849 g/mol. The quantitative estimate of drug-likeness (QED) is 0.150. The predicted octanol–water partition coefficient (Wildman–Crippen LogP) is 4.48. The van der Waals surface area contributed by atoms with E-state index < -0.39 is 40.5 Å². The highest BCUT2D eigenvalue weighted by Crippen LogP contribution is 2.42. The minimum absolute atomic E-state index is 0.0173. The van der Waals surface area contributed by atoms with Crippen molar-refractivity contribution in [2.24, 2.45) is 5.41 Å². The fourth-order valence-electron chi connectivity index (χ4n) is 8.29. The van der Waals surface area contributed by atoms with Crippen LogP contribution in [0.4, 0.5) is 0 Å². The van der Waals surface area contributed by atoms with Crippen LogP contribution < -0.4 is 10.7 Å². The van der Waals surface area contributed by atoms with Crippen LogP contribution in [0.3, 0.4) is 0 Å². The minimum Gasteiger partial charge on any atom is -0.462 e. The summed E-state index contributed by atoms with van der Waals surface area (Å²) in [4.78, 5) is 67.6. The van der Waals surface area contributed by atoms with Crippen LogP contribution in [0.1, 0.15) is 83.2 Å². The summed E-state index contributed by atoms with van der Waals surface area (Å²) < 4.78 is 19.9. The lowest BCUT2D eigenvalue weighted by Gasteiger charge is -2.40. The molecule has 3 aromatic heterocycles. The molecule has 3 aliphatic heterocycles. The predicted molar refractivity (Wildman–Crippen MR) is 247 cm³/mol. The van der Waals surface area contributed by atoms with E-state index in [0.29, 0.717) is 37.5 Å². The Morgan fingerprint density at radius 3 is 2.69 bits per heavy atom. The van der Waals surface area contributed by atoms with Crippen LogP contribution in [0.2, 0.25) is 0 Å². The van der Waals surface area contributed by atoms with E-state index in [2.05, 4.69) is 52.3 Å². The van der Waals surface area contributed by atoms with Crippen LogP contribution in [0, 0.1) is 17.3 Å². The molecule has 2 saturated heterocycles. The van der Waals surface area contributed by atoms with Crippen LogP contribution in [0.5, 0.6) is 0 Å². The van der Waals surface area contributed by atoms with Gasteiger partial charge < -0.3 is 34.1 Å². The maximum atomic E-state index is 14.3. The summed E-state index contributed by atoms with van der Waals surface area (Å²) in [7, 11) is 5.48. The highest BCUT2D eigenvalue weighted by molar-refractivity contribution is 7.10. The number of amides is 3. The Morgan fingerprint density at radius 1 is 1.20 bits per heavy atom. The zero-order chi connectivity index (χ0) is 46.8. The SMILES string of the molecule is CCn1c(-c2cccnc2[C@H](C)OC)c2c3cc(ccc31)-c1csc(n1)C[C@H](NC(=O)CCOC1CN(C(=O)C#CC(C)(C)N(C)C)C1)C(=O)N1CCC[C@@](O)(N1)C(=O)OCC(C)(C)C2. The molecule has 2 fully saturated rings. The van der Waals surface area contributed by atoms with Crippen molar-refractivity contribution < 1.29 is 38.5 Å². The third kappa shape index (κ3) is 10.4. The van der Waals surface area contributed by atoms with Gasteiger partial charge in [0.15, 0.2) is 0 Å². The number of pyridine rings is 1. The van der Waals surface area contributed by atoms with Crippen LogP contribution in [-0.4, -0.2) is 136 Å². The van der Waals surface area contributed by atoms with Gasteiger partial charge in [-0.1, -0.05) is 25.8 Å². The van der Waals surface area contributed by atoms with Crippen molar-refractivity contribution in [1.82, 2.24) is 40.1 Å². The van der Waals surface area contributed by atoms with Crippen molar-refractivity contribution in [3.63, 3.8) is 0 Å². The number of aromatic nitrogens is 3. The number of cyclic esters (lactones) is 1. The first-order chi connectivity index (χ1) is 30.8. The van der Waals surface area contributed by atoms with E-state index in [1.165, 1.54) is 16.3 Å². The first kappa shape index (κ1) is 47.7. The largest absolute Gasteiger partial charge is 0.462 e. The number of benzene rings is 1. The second kappa shape index (κ2) is 19.3. The average Bonchev–Trinajstić information content (AvgIpc) is 3.85. The molecule has 0 saturated carbocycles. The summed E-state index contributed by atoms with van der Waals surface area (Å²) in [6.07, 6.45) is 2.10. The summed E-state index contributed by atoms with van der Waals surface area (Å²) in [6, 6.07) is 9.20. The molecule has 1 aromatic carbocycles. The van der Waals surface area contributed by atoms with Gasteiger partial charge in [-0.3, -0.25) is 29.3 Å². The number of ether oxygens (including phenoxy) is 3. The van der Waals surface area contributed by atoms with Gasteiger partial charge in [0, 0.05) is 91.6 Å². The molecule has 4 aromatic rings. The third-order valence-electron chi connectivity index (χ3n) is 12.7. The topological polar surface area (TPSA) is 181 Å². The molecule has 0 aliphatic carbocycles. The van der Waals surface area contributed by atoms with Crippen molar-refractivity contribution in [2.75, 3.05) is 54.1 Å². The number of hydrogen-bond acceptors (Lipinski definition) is 13. The van der Waals surface area contributed by atoms with E-state index >= 15 is 0 Å². The fourth-order valence-corrected chi connectivity index (χ4v) is 9.14. The Kier molecular flexibility index (Phi) is 14.2. The zero-order valence-corrected chi connectivity index (χ0v) is 39.8. The summed E-state index contributed by atoms with van der Waals surface area (Å²) in [5.74, 6) is 3.61. The molecule has 3 N–H and O–H groups in total. The number of nitrogens with zero attached hydrogens (tertiary/aromatic N) is 6. The first-order valence-corrected chi connectivity index (χ1v) is 23.2. The number of fused-ring (bicyclic) bond motifs is 6. The van der Waals surface area contributed by atoms with Gasteiger partial charge in [-0.2, -0.15) is 5.43 Å². The van der Waals surface area contributed by atoms with Crippen molar-refractivity contribution in [1.29, 1.82) is 0 Å². The molecular formula is C48H62N8O8S. The van der Waals surface area contributed by atoms with Gasteiger partial charge in [-0.25, -0.2) is 9.78 Å². The lowest BCUT2D eigenvalue weighted by Crippen LogP contribution is -2.67. The Labute approximate surface area is 385 Å². The minimum atomic E-state index is -2.18. The Balaban J connectivity index is 1.16. The van der Waals surface area contributed by atoms with Gasteiger partial charge in [0.05, 0.1) is 53.1 Å². The maximum Gasteiger partial charge on any atom is 0.355 e. The normalized spacial score (nSPS) is 21.0. The number of hydrogen-bond donors (Lipinski definition) is 3. The smallest absolute Gasteiger partial charge is 0.355 e. The van der Waals surface area contributed by atoms with Crippen molar-refractivity contribution >= 4 is 45.9 Å². The Hall–Kier alpha value is -5.22. The molecule has 0 radical (unpaired) electrons. The molecule has 0 unspecified atom stereocenters. The number of hydrazine groups is 1. The number of aliphatic hydroxyl groups is 1. The zero-order valence-electron chi connectivity index (χ0n) is 38.9. The van der Waals surface area contributed by atoms with Gasteiger partial charge in [0.1, 0.15) is 6.04 Å². The fraction of sp³-hybridized carbons (Fsp3) is 0.542. The van der Waals surface area contributed by atoms with Crippen molar-refractivity contribution in [2.45, 2.75) is 110 Å². The van der Waals surface area contributed by atoms with Crippen LogP contribution >= 0.6 is 11.3 Å². The second-order valence-electron chi connectivity index (χ2n) is 18.7. The van der Waals surface area contributed by atoms with Crippen LogP contribution in [0.15, 0.2) is 41.9 Å². The molecule has 17 heteroatoms. The van der Waals surface area contributed by atoms with E-state index in [1.54, 1.807) is 18.2 Å². The van der Waals surface area contributed by atoms with E-state index in [1.807, 2.05) is 71.1 Å². The number of carbonyl (C=O) groups is 4. The van der Waals surface area contributed by atoms with E-state index in [4.69, 9.17) is 24.2 Å². The summed E-state index contributed by atoms with van der Waals surface area (Å²) >= 11 is 1.38. The number of nitrogens with one attached hydrogen (secondary N) is 2. The summed E-state index contributed by atoms with van der Waals surface area (Å²) in [5, 5.41) is 19.4. The molecule has 7 rings (SSSR count). The molecule has 6 bridgehead atoms. The monoisotopic (exact) mass is 910 g/mol. The van der Waals surface area contributed by atoms with Crippen LogP contribution in [0.25, 0.3) is 33.4 Å². The number of esters is 1. The summed E-state index contributed by atoms with van der Waals surface area (Å²) in [6.45, 7) is 13.7. The standard InChI is InChI=1S/C48H62N8O8S/c1-10-55-38-15-14-31-23-34(38)35(43(55)33-13-11-20-49-42(33)30(2)62-9)25-46(3,4)29-64-45(60)48(61)18-12-21-56(52-48)44(59)36(24-40-51-37(31)28-65-40)50-39(57)17-22-63-32-26-54(27-32)41(58)16-19-47(5,6)53(7)8/h11,13-15,20,23,28,30,32,36,52,61H,10,12,17-18,21-22,24-27,29H2,1-9H3,(H,50,57)/t30-,36-,48-/m0/s1. The average molecular weight is 911 g/mol. The maximum absolute atomic E-state index is 14.3. The second-order valence-corrected chi connectivity index (χ2v) is 19.6. The number of thiazole rings is 1. The summed E-state index contributed by atoms with van der Waals surface area (Å²) in [5.41, 5.74) is 5.95. The van der Waals surface area contributed by atoms with E-state index in [-0.39, 0.29) is 57.1 Å². The Bertz CT molecular complexity index is 2500. The van der Waals surface area contributed by atoms with Gasteiger partial charge >= 0.3 is 5.97 Å². The molecule has 65 heavy (non-hydrogen) atoms. The highest BCUT2D eigenvalue weighted by atomic mass is 32.1. The number of likely N-dealkylation sites (tertiary alicyclic amines) is 1. The number of aryl methyl sites for hydroxylation is 1. The molecule has 3 aliphatic rings. The van der Waals surface area contributed by atoms with Gasteiger partial charge in [-0.05, 0) is 90.4 Å². The lowest BCUT2D eigenvalue weighted by molar-refractivity contribution is -0.189. The molecule has 3 amide bonds. The highest BCUT2D eigenvalue weighted by Gasteiger charge is 2.45. The van der Waals surface area contributed by atoms with Crippen molar-refractivity contribution in [3.8, 4) is 34.4 Å². The number of carbonyl (C=O) groups excluding carboxylic acids is 4. The molecule has 6 heterocycles. The van der Waals surface area contributed by atoms with E-state index in [0.717, 1.165) is 44.7 Å². The lowest BCUT2D eigenvalue weighted by atomic mass is 9.84. The molecule has 16 nitrogen and oxygen atoms in total. The first-order valence-electron chi connectivity index (χ1n) is 22.3. The van der Waals surface area contributed by atoms with Gasteiger partial charge in [0.2, 0.25) is 11.6 Å². The van der Waals surface area contributed by atoms with E-state index in [9.17, 15) is 24.3 Å². The molecule has 0 spiro atoms. The molecule has 348 valence electrons. The van der Waals surface area contributed by atoms with Gasteiger partial charge in [-0.15, -0.1) is 11.3 Å². The number of methoxy groups -OCH3 is 1. The number of rotatable bonds is 10. The van der Waals surface area contributed by atoms with Crippen molar-refractivity contribution in [3.05, 3.63) is 58.2 Å².